The van der Waals surface area contributed by atoms with Crippen molar-refractivity contribution < 1.29 is 17.5 Å². The monoisotopic (exact) mass is 329 g/mol. The van der Waals surface area contributed by atoms with Crippen LogP contribution < -0.4 is 0 Å². The summed E-state index contributed by atoms with van der Waals surface area (Å²) in [6.07, 6.45) is 8.73. The molecule has 1 fully saturated rings. The first-order chi connectivity index (χ1) is 10.2. The van der Waals surface area contributed by atoms with Gasteiger partial charge in [-0.25, -0.2) is 12.8 Å². The minimum atomic E-state index is -3.61. The number of halogens is 1. The number of hydrogen-bond acceptors (Lipinski definition) is 3. The Hall–Kier alpha value is -1.01. The minimum Gasteiger partial charge on any atom is -0.367 e. The van der Waals surface area contributed by atoms with Gasteiger partial charge in [0.2, 0.25) is 0 Å². The lowest BCUT2D eigenvalue weighted by atomic mass is 9.90. The second-order valence-electron chi connectivity index (χ2n) is 6.93. The van der Waals surface area contributed by atoms with Crippen LogP contribution in [-0.2, 0) is 14.8 Å². The van der Waals surface area contributed by atoms with E-state index in [-0.39, 0.29) is 6.42 Å². The number of allylic oxidation sites excluding steroid dienone is 2. The molecule has 0 heterocycles. The zero-order chi connectivity index (χ0) is 16.4. The molecule has 1 unspecified atom stereocenters. The Labute approximate surface area is 132 Å². The minimum absolute atomic E-state index is 0.0943. The first-order valence-corrected chi connectivity index (χ1v) is 9.03. The molecule has 0 bridgehead atoms. The molecule has 0 aromatic rings. The molecule has 0 aromatic carbocycles. The highest BCUT2D eigenvalue weighted by Crippen LogP contribution is 2.35. The lowest BCUT2D eigenvalue weighted by molar-refractivity contribution is -0.0476. The van der Waals surface area contributed by atoms with Gasteiger partial charge in [0.15, 0.2) is 6.17 Å². The van der Waals surface area contributed by atoms with E-state index in [4.69, 9.17) is 4.74 Å². The maximum Gasteiger partial charge on any atom is 0.257 e. The first kappa shape index (κ1) is 17.3. The summed E-state index contributed by atoms with van der Waals surface area (Å²) < 4.78 is 46.9. The maximum atomic E-state index is 14.4. The molecule has 0 amide bonds. The summed E-state index contributed by atoms with van der Waals surface area (Å²) in [5, 5.41) is 0. The molecule has 2 aliphatic rings. The van der Waals surface area contributed by atoms with Gasteiger partial charge in [-0.2, -0.15) is 4.40 Å². The quantitative estimate of drug-likeness (QED) is 0.703. The van der Waals surface area contributed by atoms with Gasteiger partial charge < -0.3 is 4.74 Å². The Balaban J connectivity index is 2.10. The van der Waals surface area contributed by atoms with Crippen LogP contribution in [0, 0.1) is 5.92 Å². The fraction of sp³-hybridized carbons (Fsp3) is 0.688. The summed E-state index contributed by atoms with van der Waals surface area (Å²) in [6, 6.07) is 0. The molecule has 0 aromatic heterocycles. The number of rotatable bonds is 6. The number of ether oxygens (including phenoxy) is 1. The van der Waals surface area contributed by atoms with Crippen molar-refractivity contribution in [3.8, 4) is 0 Å². The molecule has 0 spiro atoms. The van der Waals surface area contributed by atoms with Crippen LogP contribution in [0.3, 0.4) is 0 Å². The smallest absolute Gasteiger partial charge is 0.257 e. The van der Waals surface area contributed by atoms with Gasteiger partial charge in [0, 0.05) is 12.6 Å². The zero-order valence-electron chi connectivity index (χ0n) is 13.3. The van der Waals surface area contributed by atoms with E-state index in [0.717, 1.165) is 12.8 Å². The molecule has 4 nitrogen and oxygen atoms in total. The number of nitrogens with zero attached hydrogens (tertiary/aromatic N) is 1. The van der Waals surface area contributed by atoms with Gasteiger partial charge in [-0.05, 0) is 51.7 Å². The fourth-order valence-corrected chi connectivity index (χ4v) is 2.58. The van der Waals surface area contributed by atoms with Crippen molar-refractivity contribution in [1.82, 2.24) is 0 Å². The molecular weight excluding hydrogens is 305 g/mol. The molecule has 0 N–H and O–H groups in total. The third-order valence-corrected chi connectivity index (χ3v) is 5.89. The molecular formula is C16H24FNO3S. The van der Waals surface area contributed by atoms with E-state index in [0.29, 0.717) is 12.5 Å². The Bertz CT molecular complexity index is 585. The van der Waals surface area contributed by atoms with Crippen LogP contribution in [0.2, 0.25) is 0 Å². The molecule has 0 saturated heterocycles. The second kappa shape index (κ2) is 6.24. The van der Waals surface area contributed by atoms with Crippen molar-refractivity contribution in [3.63, 3.8) is 0 Å². The van der Waals surface area contributed by atoms with E-state index in [1.165, 1.54) is 12.3 Å². The van der Waals surface area contributed by atoms with Gasteiger partial charge in [0.05, 0.1) is 11.4 Å². The summed E-state index contributed by atoms with van der Waals surface area (Å²) in [4.78, 5) is 0. The van der Waals surface area contributed by atoms with Crippen LogP contribution in [0.15, 0.2) is 28.7 Å². The van der Waals surface area contributed by atoms with Crippen molar-refractivity contribution in [3.05, 3.63) is 24.3 Å². The van der Waals surface area contributed by atoms with Crippen molar-refractivity contribution in [2.45, 2.75) is 56.6 Å². The van der Waals surface area contributed by atoms with Gasteiger partial charge in [-0.15, -0.1) is 0 Å². The second-order valence-corrected chi connectivity index (χ2v) is 9.32. The van der Waals surface area contributed by atoms with Crippen LogP contribution >= 0.6 is 0 Å². The van der Waals surface area contributed by atoms with Crippen LogP contribution in [0.1, 0.15) is 40.0 Å². The maximum absolute atomic E-state index is 14.4. The number of alkyl halides is 1. The SMILES string of the molecule is CC(C)(C)S(=O)(=O)N=CC[C@]1(OCC2CC2)C=CC=CC1F. The molecule has 1 saturated carbocycles. The predicted octanol–water partition coefficient (Wildman–Crippen LogP) is 3.21. The van der Waals surface area contributed by atoms with E-state index in [1.807, 2.05) is 0 Å². The van der Waals surface area contributed by atoms with Gasteiger partial charge in [-0.1, -0.05) is 12.2 Å². The third-order valence-electron chi connectivity index (χ3n) is 3.92. The summed E-state index contributed by atoms with van der Waals surface area (Å²) in [7, 11) is -3.61. The highest BCUT2D eigenvalue weighted by atomic mass is 32.2. The van der Waals surface area contributed by atoms with E-state index in [2.05, 4.69) is 4.40 Å². The van der Waals surface area contributed by atoms with Crippen molar-refractivity contribution in [1.29, 1.82) is 0 Å². The molecule has 0 radical (unpaired) electrons. The van der Waals surface area contributed by atoms with Gasteiger partial charge in [0.25, 0.3) is 10.0 Å². The molecule has 6 heteroatoms. The van der Waals surface area contributed by atoms with Crippen molar-refractivity contribution in [2.75, 3.05) is 6.61 Å². The van der Waals surface area contributed by atoms with E-state index < -0.39 is 26.5 Å². The highest BCUT2D eigenvalue weighted by Gasteiger charge is 2.39. The Morgan fingerprint density at radius 1 is 1.36 bits per heavy atom. The van der Waals surface area contributed by atoms with Gasteiger partial charge >= 0.3 is 0 Å². The molecule has 2 aliphatic carbocycles. The van der Waals surface area contributed by atoms with E-state index in [1.54, 1.807) is 39.0 Å². The van der Waals surface area contributed by atoms with E-state index >= 15 is 0 Å². The molecule has 124 valence electrons. The average Bonchev–Trinajstić information content (AvgIpc) is 3.22. The molecule has 2 atom stereocenters. The number of hydrogen-bond donors (Lipinski definition) is 0. The largest absolute Gasteiger partial charge is 0.367 e. The normalized spacial score (nSPS) is 29.4. The highest BCUT2D eigenvalue weighted by molar-refractivity contribution is 7.91. The fourth-order valence-electron chi connectivity index (χ4n) is 2.00. The molecule has 22 heavy (non-hydrogen) atoms. The van der Waals surface area contributed by atoms with Crippen molar-refractivity contribution in [2.24, 2.45) is 10.3 Å². The average molecular weight is 329 g/mol. The lowest BCUT2D eigenvalue weighted by Gasteiger charge is -2.33. The topological polar surface area (TPSA) is 55.7 Å². The summed E-state index contributed by atoms with van der Waals surface area (Å²) in [5.74, 6) is 0.499. The first-order valence-electron chi connectivity index (χ1n) is 7.59. The molecule has 0 aliphatic heterocycles. The van der Waals surface area contributed by atoms with Crippen LogP contribution in [0.5, 0.6) is 0 Å². The predicted molar refractivity (Wildman–Crippen MR) is 86.4 cm³/mol. The Morgan fingerprint density at radius 3 is 2.59 bits per heavy atom. The third kappa shape index (κ3) is 4.04. The van der Waals surface area contributed by atoms with Crippen molar-refractivity contribution >= 4 is 16.2 Å². The van der Waals surface area contributed by atoms with Crippen LogP contribution in [0.4, 0.5) is 4.39 Å². The summed E-state index contributed by atoms with van der Waals surface area (Å²) in [6.45, 7) is 5.25. The van der Waals surface area contributed by atoms with Crippen LogP contribution in [0.25, 0.3) is 0 Å². The standard InChI is InChI=1S/C16H24FNO3S/c1-15(2,3)22(19,20)18-11-10-16(21-12-13-7-8-13)9-5-4-6-14(16)17/h4-6,9,11,13-14H,7-8,10,12H2,1-3H3/t14?,16-/m1/s1. The Kier molecular flexibility index (Phi) is 4.92. The lowest BCUT2D eigenvalue weighted by Crippen LogP contribution is -2.42. The van der Waals surface area contributed by atoms with Crippen LogP contribution in [-0.4, -0.2) is 37.8 Å². The summed E-state index contributed by atoms with van der Waals surface area (Å²) >= 11 is 0. The Morgan fingerprint density at radius 2 is 2.05 bits per heavy atom. The zero-order valence-corrected chi connectivity index (χ0v) is 14.1. The van der Waals surface area contributed by atoms with Gasteiger partial charge in [-0.3, -0.25) is 0 Å². The molecule has 2 rings (SSSR count). The van der Waals surface area contributed by atoms with Gasteiger partial charge in [0.1, 0.15) is 5.60 Å². The number of sulfonamides is 1. The van der Waals surface area contributed by atoms with E-state index in [9.17, 15) is 12.8 Å². The summed E-state index contributed by atoms with van der Waals surface area (Å²) in [5.41, 5.74) is -1.14.